The van der Waals surface area contributed by atoms with E-state index in [1.807, 2.05) is 6.92 Å². The first-order chi connectivity index (χ1) is 9.01. The van der Waals surface area contributed by atoms with Gasteiger partial charge in [-0.25, -0.2) is 0 Å². The maximum absolute atomic E-state index is 12.2. The molecule has 1 amide bonds. The van der Waals surface area contributed by atoms with Crippen molar-refractivity contribution in [2.75, 3.05) is 5.32 Å². The van der Waals surface area contributed by atoms with Gasteiger partial charge in [-0.15, -0.1) is 0 Å². The maximum Gasteiger partial charge on any atom is 0.261 e. The third-order valence-electron chi connectivity index (χ3n) is 2.62. The molecule has 0 spiro atoms. The van der Waals surface area contributed by atoms with Crippen molar-refractivity contribution in [2.45, 2.75) is 20.3 Å². The van der Waals surface area contributed by atoms with Crippen molar-refractivity contribution in [3.63, 3.8) is 0 Å². The number of rotatable bonds is 3. The lowest BCUT2D eigenvalue weighted by molar-refractivity contribution is 0.102. The van der Waals surface area contributed by atoms with Crippen LogP contribution in [-0.2, 0) is 6.42 Å². The Balaban J connectivity index is 2.28. The second-order valence-corrected chi connectivity index (χ2v) is 4.90. The van der Waals surface area contributed by atoms with Crippen molar-refractivity contribution in [1.29, 1.82) is 0 Å². The average molecular weight is 299 g/mol. The zero-order valence-electron chi connectivity index (χ0n) is 10.5. The Kier molecular flexibility index (Phi) is 4.12. The molecule has 0 radical (unpaired) electrons. The lowest BCUT2D eigenvalue weighted by Crippen LogP contribution is -2.14. The second-order valence-electron chi connectivity index (χ2n) is 4.03. The van der Waals surface area contributed by atoms with E-state index in [4.69, 9.17) is 27.7 Å². The van der Waals surface area contributed by atoms with Gasteiger partial charge < -0.3 is 9.84 Å². The number of anilines is 1. The smallest absolute Gasteiger partial charge is 0.261 e. The van der Waals surface area contributed by atoms with Crippen LogP contribution in [0, 0.1) is 6.92 Å². The molecule has 0 fully saturated rings. The van der Waals surface area contributed by atoms with Crippen LogP contribution in [0.15, 0.2) is 22.7 Å². The number of halogens is 2. The number of hydrogen-bond donors (Lipinski definition) is 1. The van der Waals surface area contributed by atoms with Crippen molar-refractivity contribution in [3.8, 4) is 0 Å². The van der Waals surface area contributed by atoms with Gasteiger partial charge in [-0.1, -0.05) is 35.3 Å². The molecule has 100 valence electrons. The summed E-state index contributed by atoms with van der Waals surface area (Å²) in [5.41, 5.74) is 1.62. The first-order valence-electron chi connectivity index (χ1n) is 5.74. The summed E-state index contributed by atoms with van der Waals surface area (Å²) in [6, 6.07) is 4.85. The van der Waals surface area contributed by atoms with E-state index in [0.29, 0.717) is 39.2 Å². The number of carbonyl (C=O) groups is 1. The van der Waals surface area contributed by atoms with E-state index in [1.54, 1.807) is 25.1 Å². The van der Waals surface area contributed by atoms with Gasteiger partial charge in [0.1, 0.15) is 11.3 Å². The summed E-state index contributed by atoms with van der Waals surface area (Å²) in [5.74, 6) is 0.205. The van der Waals surface area contributed by atoms with Crippen molar-refractivity contribution >= 4 is 34.8 Å². The van der Waals surface area contributed by atoms with Gasteiger partial charge in [0.25, 0.3) is 5.91 Å². The van der Waals surface area contributed by atoms with E-state index >= 15 is 0 Å². The number of nitrogens with zero attached hydrogens (tertiary/aromatic N) is 1. The molecule has 0 bridgehead atoms. The Morgan fingerprint density at radius 3 is 2.53 bits per heavy atom. The summed E-state index contributed by atoms with van der Waals surface area (Å²) in [6.45, 7) is 3.61. The lowest BCUT2D eigenvalue weighted by Gasteiger charge is -2.06. The number of benzene rings is 1. The summed E-state index contributed by atoms with van der Waals surface area (Å²) in [5, 5.41) is 7.50. The largest absolute Gasteiger partial charge is 0.361 e. The molecule has 1 heterocycles. The minimum atomic E-state index is -0.283. The maximum atomic E-state index is 12.2. The fourth-order valence-corrected chi connectivity index (χ4v) is 2.30. The van der Waals surface area contributed by atoms with E-state index in [1.165, 1.54) is 0 Å². The first-order valence-corrected chi connectivity index (χ1v) is 6.49. The quantitative estimate of drug-likeness (QED) is 0.928. The monoisotopic (exact) mass is 298 g/mol. The van der Waals surface area contributed by atoms with E-state index in [-0.39, 0.29) is 5.91 Å². The lowest BCUT2D eigenvalue weighted by atomic mass is 10.1. The van der Waals surface area contributed by atoms with Crippen LogP contribution >= 0.6 is 23.2 Å². The fraction of sp³-hybridized carbons (Fsp3) is 0.231. The van der Waals surface area contributed by atoms with Crippen LogP contribution in [0.3, 0.4) is 0 Å². The van der Waals surface area contributed by atoms with Gasteiger partial charge in [-0.3, -0.25) is 4.79 Å². The van der Waals surface area contributed by atoms with Crippen molar-refractivity contribution < 1.29 is 9.32 Å². The van der Waals surface area contributed by atoms with Crippen LogP contribution in [0.2, 0.25) is 10.0 Å². The number of hydrogen-bond acceptors (Lipinski definition) is 3. The van der Waals surface area contributed by atoms with Crippen LogP contribution < -0.4 is 5.32 Å². The van der Waals surface area contributed by atoms with Crippen LogP contribution in [0.4, 0.5) is 5.69 Å². The van der Waals surface area contributed by atoms with Gasteiger partial charge in [0.05, 0.1) is 5.69 Å². The third kappa shape index (κ3) is 3.08. The van der Waals surface area contributed by atoms with Crippen LogP contribution in [0.25, 0.3) is 0 Å². The topological polar surface area (TPSA) is 55.1 Å². The van der Waals surface area contributed by atoms with Crippen LogP contribution in [0.5, 0.6) is 0 Å². The molecule has 6 heteroatoms. The van der Waals surface area contributed by atoms with E-state index in [9.17, 15) is 4.79 Å². The van der Waals surface area contributed by atoms with Crippen LogP contribution in [-0.4, -0.2) is 11.1 Å². The molecule has 19 heavy (non-hydrogen) atoms. The molecule has 1 N–H and O–H groups in total. The van der Waals surface area contributed by atoms with Crippen LogP contribution in [0.1, 0.15) is 28.7 Å². The number of carbonyl (C=O) groups excluding carboxylic acids is 1. The fourth-order valence-electron chi connectivity index (χ4n) is 1.77. The summed E-state index contributed by atoms with van der Waals surface area (Å²) in [6.07, 6.45) is 0.621. The molecular formula is C13H12Cl2N2O2. The standard InChI is InChI=1S/C13H12Cl2N2O2/c1-3-11-12(7(2)19-17-11)13(18)16-10-5-8(14)4-9(15)6-10/h4-6H,3H2,1-2H3,(H,16,18). The molecule has 0 aliphatic rings. The highest BCUT2D eigenvalue weighted by Gasteiger charge is 2.19. The predicted molar refractivity (Wildman–Crippen MR) is 75.0 cm³/mol. The van der Waals surface area contributed by atoms with Gasteiger partial charge >= 0.3 is 0 Å². The van der Waals surface area contributed by atoms with Crippen molar-refractivity contribution in [1.82, 2.24) is 5.16 Å². The average Bonchev–Trinajstić information content (AvgIpc) is 2.68. The van der Waals surface area contributed by atoms with Gasteiger partial charge in [-0.2, -0.15) is 0 Å². The minimum Gasteiger partial charge on any atom is -0.361 e. The molecule has 0 unspecified atom stereocenters. The van der Waals surface area contributed by atoms with Crippen molar-refractivity contribution in [2.24, 2.45) is 0 Å². The molecule has 2 aromatic rings. The Morgan fingerprint density at radius 2 is 1.95 bits per heavy atom. The summed E-state index contributed by atoms with van der Waals surface area (Å²) < 4.78 is 5.03. The van der Waals surface area contributed by atoms with E-state index in [0.717, 1.165) is 0 Å². The molecule has 2 rings (SSSR count). The number of amides is 1. The zero-order valence-corrected chi connectivity index (χ0v) is 12.0. The minimum absolute atomic E-state index is 0.283. The Labute approximate surface area is 120 Å². The molecule has 1 aromatic heterocycles. The molecule has 0 aliphatic heterocycles. The normalized spacial score (nSPS) is 10.5. The highest BCUT2D eigenvalue weighted by molar-refractivity contribution is 6.35. The Bertz CT molecular complexity index is 603. The summed E-state index contributed by atoms with van der Waals surface area (Å²) in [7, 11) is 0. The highest BCUT2D eigenvalue weighted by Crippen LogP contribution is 2.23. The van der Waals surface area contributed by atoms with Gasteiger partial charge in [0.2, 0.25) is 0 Å². The number of aromatic nitrogens is 1. The number of aryl methyl sites for hydroxylation is 2. The van der Waals surface area contributed by atoms with Gasteiger partial charge in [0, 0.05) is 15.7 Å². The molecule has 4 nitrogen and oxygen atoms in total. The highest BCUT2D eigenvalue weighted by atomic mass is 35.5. The van der Waals surface area contributed by atoms with E-state index in [2.05, 4.69) is 10.5 Å². The Morgan fingerprint density at radius 1 is 1.32 bits per heavy atom. The summed E-state index contributed by atoms with van der Waals surface area (Å²) >= 11 is 11.8. The SMILES string of the molecule is CCc1noc(C)c1C(=O)Nc1cc(Cl)cc(Cl)c1. The molecule has 0 saturated carbocycles. The molecule has 0 aliphatic carbocycles. The first kappa shape index (κ1) is 13.9. The second kappa shape index (κ2) is 5.63. The summed E-state index contributed by atoms with van der Waals surface area (Å²) in [4.78, 5) is 12.2. The zero-order chi connectivity index (χ0) is 14.0. The van der Waals surface area contributed by atoms with Gasteiger partial charge in [0.15, 0.2) is 0 Å². The van der Waals surface area contributed by atoms with E-state index < -0.39 is 0 Å². The molecule has 1 aromatic carbocycles. The van der Waals surface area contributed by atoms with Gasteiger partial charge in [-0.05, 0) is 31.5 Å². The molecular weight excluding hydrogens is 287 g/mol. The third-order valence-corrected chi connectivity index (χ3v) is 3.05. The Hall–Kier alpha value is -1.52. The number of nitrogens with one attached hydrogen (secondary N) is 1. The molecule has 0 saturated heterocycles. The predicted octanol–water partition coefficient (Wildman–Crippen LogP) is 4.10. The van der Waals surface area contributed by atoms with Crippen molar-refractivity contribution in [3.05, 3.63) is 45.3 Å². The molecule has 0 atom stereocenters.